The van der Waals surface area contributed by atoms with Crippen LogP contribution in [0.25, 0.3) is 0 Å². The largest absolute Gasteiger partial charge is 0.508 e. The highest BCUT2D eigenvalue weighted by Gasteiger charge is 2.07. The lowest BCUT2D eigenvalue weighted by Gasteiger charge is -2.08. The number of rotatable bonds is 12. The lowest BCUT2D eigenvalue weighted by Crippen LogP contribution is -2.11. The highest BCUT2D eigenvalue weighted by molar-refractivity contribution is 7.99. The number of benzene rings is 2. The van der Waals surface area contributed by atoms with Gasteiger partial charge in [-0.2, -0.15) is 0 Å². The Hall–Kier alpha value is -2.51. The van der Waals surface area contributed by atoms with Crippen LogP contribution in [-0.4, -0.2) is 41.1 Å². The first kappa shape index (κ1) is 23.8. The second kappa shape index (κ2) is 12.9. The van der Waals surface area contributed by atoms with E-state index in [0.29, 0.717) is 24.3 Å². The van der Waals surface area contributed by atoms with Crippen LogP contribution in [0, 0.1) is 0 Å². The molecule has 0 bridgehead atoms. The Kier molecular flexibility index (Phi) is 10.2. The fraction of sp³-hybridized carbons (Fsp3) is 0.261. The molecular weight excluding hydrogens is 420 g/mol. The van der Waals surface area contributed by atoms with Gasteiger partial charge in [0.1, 0.15) is 24.7 Å². The van der Waals surface area contributed by atoms with Crippen molar-refractivity contribution < 1.29 is 24.5 Å². The number of carbonyl (C=O) groups is 1. The van der Waals surface area contributed by atoms with E-state index in [-0.39, 0.29) is 24.7 Å². The fourth-order valence-corrected chi connectivity index (χ4v) is 4.14. The summed E-state index contributed by atoms with van der Waals surface area (Å²) in [5, 5.41) is 19.6. The summed E-state index contributed by atoms with van der Waals surface area (Å²) in [5.74, 6) is 1.67. The molecule has 0 spiro atoms. The zero-order valence-corrected chi connectivity index (χ0v) is 18.3. The van der Waals surface area contributed by atoms with Gasteiger partial charge in [-0.1, -0.05) is 12.2 Å². The summed E-state index contributed by atoms with van der Waals surface area (Å²) in [5.41, 5.74) is 1.64. The van der Waals surface area contributed by atoms with E-state index >= 15 is 0 Å². The highest BCUT2D eigenvalue weighted by atomic mass is 32.2. The molecular formula is C23H26O5S2. The Balaban J connectivity index is 1.63. The van der Waals surface area contributed by atoms with Crippen LogP contribution in [-0.2, 0) is 22.3 Å². The summed E-state index contributed by atoms with van der Waals surface area (Å²) in [6, 6.07) is 10.8. The summed E-state index contributed by atoms with van der Waals surface area (Å²) in [6.45, 7) is 7.83. The van der Waals surface area contributed by atoms with Gasteiger partial charge in [-0.05, 0) is 60.4 Å². The summed E-state index contributed by atoms with van der Waals surface area (Å²) in [6.07, 6.45) is 3.99. The van der Waals surface area contributed by atoms with Crippen LogP contribution in [0.1, 0.15) is 11.1 Å². The summed E-state index contributed by atoms with van der Waals surface area (Å²) >= 11 is 3.07. The molecule has 0 atom stereocenters. The van der Waals surface area contributed by atoms with E-state index in [2.05, 4.69) is 13.2 Å². The van der Waals surface area contributed by atoms with Crippen molar-refractivity contribution in [2.24, 2.45) is 0 Å². The van der Waals surface area contributed by atoms with E-state index in [9.17, 15) is 15.0 Å². The van der Waals surface area contributed by atoms with Crippen molar-refractivity contribution in [3.8, 4) is 11.5 Å². The van der Waals surface area contributed by atoms with Gasteiger partial charge in [-0.3, -0.25) is 0 Å². The lowest BCUT2D eigenvalue weighted by atomic mass is 10.1. The molecule has 0 aliphatic heterocycles. The smallest absolute Gasteiger partial charge is 0.508 e. The Morgan fingerprint density at radius 1 is 0.833 bits per heavy atom. The van der Waals surface area contributed by atoms with Crippen molar-refractivity contribution in [2.75, 3.05) is 24.7 Å². The van der Waals surface area contributed by atoms with Crippen molar-refractivity contribution in [2.45, 2.75) is 22.6 Å². The number of hydrogen-bond donors (Lipinski definition) is 2. The molecule has 0 amide bonds. The maximum atomic E-state index is 11.7. The number of phenolic OH excluding ortho intramolecular Hbond substituents is 2. The van der Waals surface area contributed by atoms with Crippen LogP contribution in [0.5, 0.6) is 11.5 Å². The third kappa shape index (κ3) is 8.08. The monoisotopic (exact) mass is 446 g/mol. The van der Waals surface area contributed by atoms with Gasteiger partial charge in [0.15, 0.2) is 0 Å². The lowest BCUT2D eigenvalue weighted by molar-refractivity contribution is 0.0645. The minimum absolute atomic E-state index is 0.233. The van der Waals surface area contributed by atoms with E-state index in [4.69, 9.17) is 9.47 Å². The number of hydrogen-bond acceptors (Lipinski definition) is 7. The first-order valence-corrected chi connectivity index (χ1v) is 11.4. The van der Waals surface area contributed by atoms with Gasteiger partial charge in [-0.25, -0.2) is 4.79 Å². The van der Waals surface area contributed by atoms with Crippen LogP contribution in [0.3, 0.4) is 0 Å². The molecule has 0 aliphatic rings. The van der Waals surface area contributed by atoms with E-state index < -0.39 is 6.16 Å². The van der Waals surface area contributed by atoms with Gasteiger partial charge in [0, 0.05) is 21.3 Å². The zero-order valence-electron chi connectivity index (χ0n) is 16.7. The average Bonchev–Trinajstić information content (AvgIpc) is 2.73. The molecule has 160 valence electrons. The molecule has 0 fully saturated rings. The number of ether oxygens (including phenoxy) is 2. The minimum atomic E-state index is -0.688. The van der Waals surface area contributed by atoms with Gasteiger partial charge >= 0.3 is 6.16 Å². The van der Waals surface area contributed by atoms with Gasteiger partial charge in [0.2, 0.25) is 0 Å². The molecule has 2 aromatic rings. The van der Waals surface area contributed by atoms with Crippen LogP contribution < -0.4 is 0 Å². The normalized spacial score (nSPS) is 10.4. The first-order chi connectivity index (χ1) is 14.5. The number of aromatic hydroxyl groups is 2. The second-order valence-corrected chi connectivity index (χ2v) is 8.55. The third-order valence-electron chi connectivity index (χ3n) is 3.97. The molecule has 0 saturated heterocycles. The minimum Gasteiger partial charge on any atom is -0.508 e. The third-order valence-corrected chi connectivity index (χ3v) is 5.89. The van der Waals surface area contributed by atoms with E-state index in [1.54, 1.807) is 24.3 Å². The van der Waals surface area contributed by atoms with Crippen molar-refractivity contribution in [3.05, 3.63) is 72.8 Å². The van der Waals surface area contributed by atoms with E-state index in [0.717, 1.165) is 20.9 Å². The standard InChI is InChI=1S/C23H26O5S2/c1-3-5-17-15-19(7-9-21(17)24)29-13-11-27-23(26)28-12-14-30-20-8-10-22(25)18(16-20)6-4-2/h3-4,7-10,15-16,24-25H,1-2,5-6,11-14H2. The number of thioether (sulfide) groups is 2. The zero-order chi connectivity index (χ0) is 21.8. The summed E-state index contributed by atoms with van der Waals surface area (Å²) < 4.78 is 10.2. The van der Waals surface area contributed by atoms with E-state index in [1.807, 2.05) is 24.3 Å². The highest BCUT2D eigenvalue weighted by Crippen LogP contribution is 2.27. The molecule has 30 heavy (non-hydrogen) atoms. The molecule has 0 aromatic heterocycles. The van der Waals surface area contributed by atoms with Gasteiger partial charge in [0.05, 0.1) is 0 Å². The van der Waals surface area contributed by atoms with Gasteiger partial charge < -0.3 is 19.7 Å². The molecule has 2 rings (SSSR count). The topological polar surface area (TPSA) is 76.0 Å². The first-order valence-electron chi connectivity index (χ1n) is 9.44. The van der Waals surface area contributed by atoms with Crippen molar-refractivity contribution in [1.82, 2.24) is 0 Å². The predicted octanol–water partition coefficient (Wildman–Crippen LogP) is 5.59. The molecule has 0 heterocycles. The number of phenols is 2. The summed E-state index contributed by atoms with van der Waals surface area (Å²) in [4.78, 5) is 13.7. The Morgan fingerprint density at radius 3 is 1.67 bits per heavy atom. The van der Waals surface area contributed by atoms with Crippen molar-refractivity contribution in [3.63, 3.8) is 0 Å². The molecule has 2 aromatic carbocycles. The van der Waals surface area contributed by atoms with Crippen LogP contribution in [0.2, 0.25) is 0 Å². The Morgan fingerprint density at radius 2 is 1.27 bits per heavy atom. The fourth-order valence-electron chi connectivity index (χ4n) is 2.55. The maximum absolute atomic E-state index is 11.7. The van der Waals surface area contributed by atoms with Crippen molar-refractivity contribution in [1.29, 1.82) is 0 Å². The summed E-state index contributed by atoms with van der Waals surface area (Å²) in [7, 11) is 0. The SMILES string of the molecule is C=CCc1cc(SCCOC(=O)OCCSc2ccc(O)c(CC=C)c2)ccc1O. The quantitative estimate of drug-likeness (QED) is 0.190. The molecule has 2 N–H and O–H groups in total. The second-order valence-electron chi connectivity index (χ2n) is 6.21. The molecule has 0 aliphatic carbocycles. The number of carbonyl (C=O) groups excluding carboxylic acids is 1. The predicted molar refractivity (Wildman–Crippen MR) is 123 cm³/mol. The average molecular weight is 447 g/mol. The van der Waals surface area contributed by atoms with E-state index in [1.165, 1.54) is 23.5 Å². The van der Waals surface area contributed by atoms with Gasteiger partial charge in [-0.15, -0.1) is 36.7 Å². The Bertz CT molecular complexity index is 797. The molecule has 0 radical (unpaired) electrons. The van der Waals surface area contributed by atoms with Gasteiger partial charge in [0.25, 0.3) is 0 Å². The van der Waals surface area contributed by atoms with Crippen LogP contribution in [0.4, 0.5) is 4.79 Å². The maximum Gasteiger partial charge on any atom is 0.508 e. The number of allylic oxidation sites excluding steroid dienone is 2. The van der Waals surface area contributed by atoms with Crippen molar-refractivity contribution >= 4 is 29.7 Å². The molecule has 0 unspecified atom stereocenters. The Labute approximate surface area is 185 Å². The van der Waals surface area contributed by atoms with Crippen LogP contribution >= 0.6 is 23.5 Å². The molecule has 0 saturated carbocycles. The molecule has 5 nitrogen and oxygen atoms in total. The van der Waals surface area contributed by atoms with Crippen LogP contribution in [0.15, 0.2) is 71.5 Å². The molecule has 7 heteroatoms.